The summed E-state index contributed by atoms with van der Waals surface area (Å²) in [6.45, 7) is 5.90. The van der Waals surface area contributed by atoms with Gasteiger partial charge in [-0.15, -0.1) is 11.8 Å². The van der Waals surface area contributed by atoms with Gasteiger partial charge in [-0.3, -0.25) is 0 Å². The van der Waals surface area contributed by atoms with Gasteiger partial charge in [0.2, 0.25) is 0 Å². The molecule has 0 unspecified atom stereocenters. The molecule has 1 rings (SSSR count). The van der Waals surface area contributed by atoms with Crippen LogP contribution in [-0.4, -0.2) is 5.75 Å². The molecule has 0 saturated carbocycles. The standard InChI is InChI=1S/C14H22FNS/c1-4-5-6-7-17-14-8-10(2)13(15)9-12(14)11(3)16/h8-9,11H,4-7,16H2,1-3H3/t11-/m0/s1. The first kappa shape index (κ1) is 14.5. The van der Waals surface area contributed by atoms with Crippen molar-refractivity contribution in [1.29, 1.82) is 0 Å². The fraction of sp³-hybridized carbons (Fsp3) is 0.571. The first-order valence-corrected chi connectivity index (χ1v) is 7.23. The molecular formula is C14H22FNS. The molecule has 17 heavy (non-hydrogen) atoms. The highest BCUT2D eigenvalue weighted by Gasteiger charge is 2.11. The SMILES string of the molecule is CCCCCSc1cc(C)c(F)cc1[C@H](C)N. The first-order valence-electron chi connectivity index (χ1n) is 6.24. The average Bonchev–Trinajstić information content (AvgIpc) is 2.28. The lowest BCUT2D eigenvalue weighted by molar-refractivity contribution is 0.610. The summed E-state index contributed by atoms with van der Waals surface area (Å²) in [7, 11) is 0. The molecule has 2 N–H and O–H groups in total. The number of nitrogens with two attached hydrogens (primary N) is 1. The summed E-state index contributed by atoms with van der Waals surface area (Å²) >= 11 is 1.79. The van der Waals surface area contributed by atoms with Gasteiger partial charge in [-0.1, -0.05) is 19.8 Å². The number of hydrogen-bond donors (Lipinski definition) is 1. The lowest BCUT2D eigenvalue weighted by Gasteiger charge is -2.14. The smallest absolute Gasteiger partial charge is 0.126 e. The second-order valence-corrected chi connectivity index (χ2v) is 5.62. The molecule has 1 aromatic carbocycles. The Morgan fingerprint density at radius 1 is 1.35 bits per heavy atom. The lowest BCUT2D eigenvalue weighted by Crippen LogP contribution is -2.07. The van der Waals surface area contributed by atoms with E-state index in [1.165, 1.54) is 19.3 Å². The summed E-state index contributed by atoms with van der Waals surface area (Å²) in [6.07, 6.45) is 3.68. The van der Waals surface area contributed by atoms with Crippen LogP contribution in [0.4, 0.5) is 4.39 Å². The van der Waals surface area contributed by atoms with E-state index in [1.807, 2.05) is 13.0 Å². The van der Waals surface area contributed by atoms with Gasteiger partial charge in [0, 0.05) is 10.9 Å². The number of halogens is 1. The molecule has 1 nitrogen and oxygen atoms in total. The molecule has 0 aliphatic carbocycles. The topological polar surface area (TPSA) is 26.0 Å². The van der Waals surface area contributed by atoms with Crippen molar-refractivity contribution in [2.45, 2.75) is 51.0 Å². The van der Waals surface area contributed by atoms with Crippen molar-refractivity contribution in [3.8, 4) is 0 Å². The van der Waals surface area contributed by atoms with Gasteiger partial charge in [0.1, 0.15) is 5.82 Å². The zero-order valence-electron chi connectivity index (χ0n) is 10.9. The van der Waals surface area contributed by atoms with Gasteiger partial charge in [-0.2, -0.15) is 0 Å². The van der Waals surface area contributed by atoms with Crippen LogP contribution in [0.25, 0.3) is 0 Å². The molecule has 0 aliphatic rings. The van der Waals surface area contributed by atoms with Crippen molar-refractivity contribution in [1.82, 2.24) is 0 Å². The molecule has 0 amide bonds. The summed E-state index contributed by atoms with van der Waals surface area (Å²) in [5, 5.41) is 0. The molecule has 96 valence electrons. The summed E-state index contributed by atoms with van der Waals surface area (Å²) in [6, 6.07) is 3.39. The minimum absolute atomic E-state index is 0.112. The maximum atomic E-state index is 13.5. The van der Waals surface area contributed by atoms with Gasteiger partial charge in [0.15, 0.2) is 0 Å². The monoisotopic (exact) mass is 255 g/mol. The molecule has 1 atom stereocenters. The van der Waals surface area contributed by atoms with E-state index in [0.717, 1.165) is 16.2 Å². The highest BCUT2D eigenvalue weighted by atomic mass is 32.2. The third-order valence-electron chi connectivity index (χ3n) is 2.79. The predicted octanol–water partition coefficient (Wildman–Crippen LogP) is 4.44. The molecule has 0 aromatic heterocycles. The number of thioether (sulfide) groups is 1. The number of benzene rings is 1. The fourth-order valence-corrected chi connectivity index (χ4v) is 2.93. The second-order valence-electron chi connectivity index (χ2n) is 4.48. The normalized spacial score (nSPS) is 12.8. The van der Waals surface area contributed by atoms with Crippen molar-refractivity contribution in [2.75, 3.05) is 5.75 Å². The number of unbranched alkanes of at least 4 members (excludes halogenated alkanes) is 2. The maximum absolute atomic E-state index is 13.5. The van der Waals surface area contributed by atoms with E-state index in [2.05, 4.69) is 6.92 Å². The first-order chi connectivity index (χ1) is 8.06. The third kappa shape index (κ3) is 4.32. The number of rotatable bonds is 6. The van der Waals surface area contributed by atoms with Crippen LogP contribution in [0.15, 0.2) is 17.0 Å². The molecule has 0 saturated heterocycles. The zero-order valence-corrected chi connectivity index (χ0v) is 11.7. The Hall–Kier alpha value is -0.540. The van der Waals surface area contributed by atoms with Crippen molar-refractivity contribution < 1.29 is 4.39 Å². The predicted molar refractivity (Wildman–Crippen MR) is 74.0 cm³/mol. The van der Waals surface area contributed by atoms with E-state index >= 15 is 0 Å². The van der Waals surface area contributed by atoms with Crippen LogP contribution in [0, 0.1) is 12.7 Å². The molecule has 0 heterocycles. The van der Waals surface area contributed by atoms with Crippen molar-refractivity contribution in [3.63, 3.8) is 0 Å². The van der Waals surface area contributed by atoms with Gasteiger partial charge >= 0.3 is 0 Å². The largest absolute Gasteiger partial charge is 0.324 e. The summed E-state index contributed by atoms with van der Waals surface area (Å²) in [5.41, 5.74) is 7.51. The van der Waals surface area contributed by atoms with E-state index in [1.54, 1.807) is 24.8 Å². The highest BCUT2D eigenvalue weighted by Crippen LogP contribution is 2.29. The zero-order chi connectivity index (χ0) is 12.8. The second kappa shape index (κ2) is 7.02. The Bertz CT molecular complexity index is 363. The van der Waals surface area contributed by atoms with Gasteiger partial charge in [0.25, 0.3) is 0 Å². The summed E-state index contributed by atoms with van der Waals surface area (Å²) < 4.78 is 13.5. The van der Waals surface area contributed by atoms with Crippen LogP contribution in [0.2, 0.25) is 0 Å². The van der Waals surface area contributed by atoms with E-state index in [-0.39, 0.29) is 11.9 Å². The van der Waals surface area contributed by atoms with Crippen molar-refractivity contribution >= 4 is 11.8 Å². The third-order valence-corrected chi connectivity index (χ3v) is 3.94. The molecular weight excluding hydrogens is 233 g/mol. The van der Waals surface area contributed by atoms with Crippen LogP contribution in [0.3, 0.4) is 0 Å². The molecule has 0 radical (unpaired) electrons. The number of hydrogen-bond acceptors (Lipinski definition) is 2. The summed E-state index contributed by atoms with van der Waals surface area (Å²) in [4.78, 5) is 1.13. The van der Waals surface area contributed by atoms with E-state index in [9.17, 15) is 4.39 Å². The Balaban J connectivity index is 2.78. The Morgan fingerprint density at radius 3 is 2.65 bits per heavy atom. The molecule has 1 aromatic rings. The van der Waals surface area contributed by atoms with Gasteiger partial charge < -0.3 is 5.73 Å². The van der Waals surface area contributed by atoms with Crippen molar-refractivity contribution in [2.24, 2.45) is 5.73 Å². The molecule has 0 fully saturated rings. The van der Waals surface area contributed by atoms with E-state index in [0.29, 0.717) is 5.56 Å². The van der Waals surface area contributed by atoms with Gasteiger partial charge in [-0.05, 0) is 49.3 Å². The van der Waals surface area contributed by atoms with Crippen LogP contribution >= 0.6 is 11.8 Å². The molecule has 0 aliphatic heterocycles. The minimum atomic E-state index is -0.157. The number of aryl methyl sites for hydroxylation is 1. The highest BCUT2D eigenvalue weighted by molar-refractivity contribution is 7.99. The quantitative estimate of drug-likeness (QED) is 0.601. The Morgan fingerprint density at radius 2 is 2.06 bits per heavy atom. The van der Waals surface area contributed by atoms with Crippen LogP contribution in [-0.2, 0) is 0 Å². The van der Waals surface area contributed by atoms with Crippen LogP contribution < -0.4 is 5.73 Å². The fourth-order valence-electron chi connectivity index (χ4n) is 1.69. The molecule has 0 bridgehead atoms. The van der Waals surface area contributed by atoms with Crippen LogP contribution in [0.1, 0.15) is 50.3 Å². The molecule has 0 spiro atoms. The van der Waals surface area contributed by atoms with Gasteiger partial charge in [0.05, 0.1) is 0 Å². The molecule has 3 heteroatoms. The lowest BCUT2D eigenvalue weighted by atomic mass is 10.1. The van der Waals surface area contributed by atoms with Gasteiger partial charge in [-0.25, -0.2) is 4.39 Å². The Labute approximate surface area is 108 Å². The summed E-state index contributed by atoms with van der Waals surface area (Å²) in [5.74, 6) is 0.925. The average molecular weight is 255 g/mol. The van der Waals surface area contributed by atoms with Crippen LogP contribution in [0.5, 0.6) is 0 Å². The van der Waals surface area contributed by atoms with E-state index < -0.39 is 0 Å². The maximum Gasteiger partial charge on any atom is 0.126 e. The van der Waals surface area contributed by atoms with Crippen molar-refractivity contribution in [3.05, 3.63) is 29.1 Å². The minimum Gasteiger partial charge on any atom is -0.324 e. The van der Waals surface area contributed by atoms with E-state index in [4.69, 9.17) is 5.73 Å². The Kier molecular flexibility index (Phi) is 6.00.